The van der Waals surface area contributed by atoms with Crippen molar-refractivity contribution < 1.29 is 18.4 Å². The molecule has 1 aliphatic heterocycles. The van der Waals surface area contributed by atoms with Crippen molar-refractivity contribution in [3.05, 3.63) is 46.4 Å². The molecule has 1 aromatic carbocycles. The smallest absolute Gasteiger partial charge is 0.256 e. The van der Waals surface area contributed by atoms with Gasteiger partial charge in [0, 0.05) is 23.5 Å². The second-order valence-corrected chi connectivity index (χ2v) is 6.22. The zero-order valence-corrected chi connectivity index (χ0v) is 14.0. The van der Waals surface area contributed by atoms with Crippen LogP contribution in [0.1, 0.15) is 29.6 Å². The van der Waals surface area contributed by atoms with E-state index < -0.39 is 30.8 Å². The number of nitrogens with zero attached hydrogens (tertiary/aromatic N) is 1. The van der Waals surface area contributed by atoms with Gasteiger partial charge in [0.05, 0.1) is 12.1 Å². The Labute approximate surface area is 148 Å². The molecule has 0 saturated carbocycles. The van der Waals surface area contributed by atoms with Crippen LogP contribution in [0.5, 0.6) is 0 Å². The van der Waals surface area contributed by atoms with Crippen LogP contribution in [0.3, 0.4) is 0 Å². The molecule has 0 bridgehead atoms. The molecular formula is C18H19F2N3O3. The largest absolute Gasteiger partial charge is 0.349 e. The number of aromatic amines is 1. The highest BCUT2D eigenvalue weighted by molar-refractivity contribution is 6.07. The molecule has 138 valence electrons. The maximum Gasteiger partial charge on any atom is 0.256 e. The number of rotatable bonds is 4. The van der Waals surface area contributed by atoms with Crippen LogP contribution in [-0.2, 0) is 4.79 Å². The SMILES string of the molecule is O=C(NCC(F)F)[C@@H]1CCCCN1C(=O)c1c[nH]c(=O)c2ccccc12. The number of alkyl halides is 2. The van der Waals surface area contributed by atoms with E-state index in [9.17, 15) is 23.2 Å². The normalized spacial score (nSPS) is 17.5. The van der Waals surface area contributed by atoms with Gasteiger partial charge in [-0.25, -0.2) is 8.78 Å². The molecule has 2 aromatic rings. The van der Waals surface area contributed by atoms with Gasteiger partial charge in [-0.2, -0.15) is 0 Å². The van der Waals surface area contributed by atoms with Gasteiger partial charge in [0.1, 0.15) is 6.04 Å². The van der Waals surface area contributed by atoms with Crippen molar-refractivity contribution in [1.29, 1.82) is 0 Å². The first-order valence-corrected chi connectivity index (χ1v) is 8.46. The van der Waals surface area contributed by atoms with E-state index in [1.807, 2.05) is 0 Å². The summed E-state index contributed by atoms with van der Waals surface area (Å²) in [5.41, 5.74) is -0.0178. The third-order valence-electron chi connectivity index (χ3n) is 4.54. The zero-order chi connectivity index (χ0) is 18.7. The van der Waals surface area contributed by atoms with Crippen LogP contribution >= 0.6 is 0 Å². The van der Waals surface area contributed by atoms with E-state index >= 15 is 0 Å². The van der Waals surface area contributed by atoms with Gasteiger partial charge in [0.25, 0.3) is 17.9 Å². The number of hydrogen-bond donors (Lipinski definition) is 2. The average molecular weight is 363 g/mol. The lowest BCUT2D eigenvalue weighted by Gasteiger charge is -2.35. The lowest BCUT2D eigenvalue weighted by atomic mass is 9.99. The van der Waals surface area contributed by atoms with Crippen molar-refractivity contribution >= 4 is 22.6 Å². The van der Waals surface area contributed by atoms with Crippen LogP contribution in [0.25, 0.3) is 10.8 Å². The Bertz CT molecular complexity index is 881. The minimum Gasteiger partial charge on any atom is -0.349 e. The lowest BCUT2D eigenvalue weighted by Crippen LogP contribution is -2.52. The van der Waals surface area contributed by atoms with Crippen LogP contribution in [0, 0.1) is 0 Å². The molecule has 1 saturated heterocycles. The monoisotopic (exact) mass is 363 g/mol. The second kappa shape index (κ2) is 7.63. The van der Waals surface area contributed by atoms with E-state index in [4.69, 9.17) is 0 Å². The van der Waals surface area contributed by atoms with Gasteiger partial charge in [-0.05, 0) is 25.3 Å². The van der Waals surface area contributed by atoms with Crippen molar-refractivity contribution in [3.63, 3.8) is 0 Å². The fourth-order valence-corrected chi connectivity index (χ4v) is 3.28. The minimum atomic E-state index is -2.64. The number of nitrogens with one attached hydrogen (secondary N) is 2. The Morgan fingerprint density at radius 1 is 1.23 bits per heavy atom. The third-order valence-corrected chi connectivity index (χ3v) is 4.54. The number of likely N-dealkylation sites (tertiary alicyclic amines) is 1. The first kappa shape index (κ1) is 18.0. The maximum atomic E-state index is 13.1. The molecule has 2 N–H and O–H groups in total. The van der Waals surface area contributed by atoms with E-state index in [1.165, 1.54) is 11.1 Å². The number of pyridine rings is 1. The van der Waals surface area contributed by atoms with Crippen LogP contribution in [0.4, 0.5) is 8.78 Å². The number of halogens is 2. The number of hydrogen-bond acceptors (Lipinski definition) is 3. The van der Waals surface area contributed by atoms with Crippen molar-refractivity contribution in [2.24, 2.45) is 0 Å². The molecule has 3 rings (SSSR count). The number of benzene rings is 1. The van der Waals surface area contributed by atoms with Crippen LogP contribution in [-0.4, -0.2) is 47.3 Å². The number of carbonyl (C=O) groups is 2. The van der Waals surface area contributed by atoms with Crippen LogP contribution in [0.15, 0.2) is 35.3 Å². The highest BCUT2D eigenvalue weighted by Gasteiger charge is 2.33. The van der Waals surface area contributed by atoms with Crippen molar-refractivity contribution in [1.82, 2.24) is 15.2 Å². The topological polar surface area (TPSA) is 82.3 Å². The van der Waals surface area contributed by atoms with Crippen LogP contribution < -0.4 is 10.9 Å². The summed E-state index contributed by atoms with van der Waals surface area (Å²) in [6, 6.07) is 5.93. The van der Waals surface area contributed by atoms with Gasteiger partial charge in [-0.3, -0.25) is 14.4 Å². The third kappa shape index (κ3) is 3.58. The van der Waals surface area contributed by atoms with E-state index in [0.29, 0.717) is 23.7 Å². The number of piperidine rings is 1. The average Bonchev–Trinajstić information content (AvgIpc) is 2.66. The highest BCUT2D eigenvalue weighted by atomic mass is 19.3. The van der Waals surface area contributed by atoms with Gasteiger partial charge in [-0.15, -0.1) is 0 Å². The number of aromatic nitrogens is 1. The zero-order valence-electron chi connectivity index (χ0n) is 14.0. The molecule has 0 radical (unpaired) electrons. The molecule has 2 heterocycles. The first-order valence-electron chi connectivity index (χ1n) is 8.46. The first-order chi connectivity index (χ1) is 12.5. The van der Waals surface area contributed by atoms with Crippen molar-refractivity contribution in [2.75, 3.05) is 13.1 Å². The Morgan fingerprint density at radius 2 is 1.96 bits per heavy atom. The molecule has 0 unspecified atom stereocenters. The fraction of sp³-hybridized carbons (Fsp3) is 0.389. The van der Waals surface area contributed by atoms with Crippen molar-refractivity contribution in [3.8, 4) is 0 Å². The van der Waals surface area contributed by atoms with E-state index in [1.54, 1.807) is 24.3 Å². The number of amides is 2. The summed E-state index contributed by atoms with van der Waals surface area (Å²) in [5, 5.41) is 3.08. The molecular weight excluding hydrogens is 344 g/mol. The summed E-state index contributed by atoms with van der Waals surface area (Å²) < 4.78 is 24.7. The Hall–Kier alpha value is -2.77. The Kier molecular flexibility index (Phi) is 5.29. The van der Waals surface area contributed by atoms with Crippen molar-refractivity contribution in [2.45, 2.75) is 31.7 Å². The number of fused-ring (bicyclic) bond motifs is 1. The molecule has 1 atom stereocenters. The van der Waals surface area contributed by atoms with E-state index in [-0.39, 0.29) is 11.1 Å². The quantitative estimate of drug-likeness (QED) is 0.871. The molecule has 2 amide bonds. The molecule has 8 heteroatoms. The van der Waals surface area contributed by atoms with Gasteiger partial charge in [0.2, 0.25) is 5.91 Å². The highest BCUT2D eigenvalue weighted by Crippen LogP contribution is 2.23. The Morgan fingerprint density at radius 3 is 2.69 bits per heavy atom. The standard InChI is InChI=1S/C18H19F2N3O3/c19-15(20)10-22-17(25)14-7-3-4-8-23(14)18(26)13-9-21-16(24)12-6-2-1-5-11(12)13/h1-2,5-6,9,14-15H,3-4,7-8,10H2,(H,21,24)(H,22,25)/t14-/m0/s1. The van der Waals surface area contributed by atoms with E-state index in [2.05, 4.69) is 10.3 Å². The summed E-state index contributed by atoms with van der Waals surface area (Å²) >= 11 is 0. The minimum absolute atomic E-state index is 0.286. The molecule has 1 aromatic heterocycles. The summed E-state index contributed by atoms with van der Waals surface area (Å²) in [7, 11) is 0. The summed E-state index contributed by atoms with van der Waals surface area (Å²) in [6.45, 7) is -0.377. The maximum absolute atomic E-state index is 13.1. The molecule has 0 spiro atoms. The number of H-pyrrole nitrogens is 1. The Balaban J connectivity index is 1.91. The molecule has 0 aliphatic carbocycles. The van der Waals surface area contributed by atoms with E-state index in [0.717, 1.165) is 12.8 Å². The predicted octanol–water partition coefficient (Wildman–Crippen LogP) is 1.90. The predicted molar refractivity (Wildman–Crippen MR) is 92.3 cm³/mol. The van der Waals surface area contributed by atoms with Gasteiger partial charge < -0.3 is 15.2 Å². The van der Waals surface area contributed by atoms with Gasteiger partial charge >= 0.3 is 0 Å². The molecule has 6 nitrogen and oxygen atoms in total. The summed E-state index contributed by atoms with van der Waals surface area (Å²) in [5.74, 6) is -0.971. The molecule has 1 aliphatic rings. The number of carbonyl (C=O) groups excluding carboxylic acids is 2. The van der Waals surface area contributed by atoms with Gasteiger partial charge in [0.15, 0.2) is 0 Å². The van der Waals surface area contributed by atoms with Gasteiger partial charge in [-0.1, -0.05) is 18.2 Å². The van der Waals surface area contributed by atoms with Crippen LogP contribution in [0.2, 0.25) is 0 Å². The lowest BCUT2D eigenvalue weighted by molar-refractivity contribution is -0.127. The second-order valence-electron chi connectivity index (χ2n) is 6.22. The fourth-order valence-electron chi connectivity index (χ4n) is 3.28. The molecule has 26 heavy (non-hydrogen) atoms. The molecule has 1 fully saturated rings. The summed E-state index contributed by atoms with van der Waals surface area (Å²) in [6.07, 6.45) is 0.585. The summed E-state index contributed by atoms with van der Waals surface area (Å²) in [4.78, 5) is 41.2.